The minimum atomic E-state index is 0.425. The quantitative estimate of drug-likeness (QED) is 0.813. The van der Waals surface area contributed by atoms with Gasteiger partial charge in [0.25, 0.3) is 0 Å². The molecule has 3 nitrogen and oxygen atoms in total. The Bertz CT molecular complexity index is 316. The fourth-order valence-electron chi connectivity index (χ4n) is 4.47. The molecule has 0 amide bonds. The van der Waals surface area contributed by atoms with Crippen molar-refractivity contribution in [3.63, 3.8) is 0 Å². The van der Waals surface area contributed by atoms with Crippen LogP contribution in [0, 0.1) is 5.41 Å². The third kappa shape index (κ3) is 4.20. The summed E-state index contributed by atoms with van der Waals surface area (Å²) < 4.78 is 0. The summed E-state index contributed by atoms with van der Waals surface area (Å²) in [7, 11) is 4.65. The van der Waals surface area contributed by atoms with Gasteiger partial charge in [-0.1, -0.05) is 27.2 Å². The summed E-state index contributed by atoms with van der Waals surface area (Å²) in [5.74, 6) is 0. The van der Waals surface area contributed by atoms with Gasteiger partial charge in [-0.3, -0.25) is 0 Å². The summed E-state index contributed by atoms with van der Waals surface area (Å²) in [6.07, 6.45) is 8.09. The van der Waals surface area contributed by atoms with E-state index in [2.05, 4.69) is 50.0 Å². The van der Waals surface area contributed by atoms with Crippen LogP contribution in [-0.4, -0.2) is 61.7 Å². The Morgan fingerprint density at radius 1 is 1.24 bits per heavy atom. The van der Waals surface area contributed by atoms with Crippen molar-refractivity contribution in [3.8, 4) is 0 Å². The first-order valence-corrected chi connectivity index (χ1v) is 9.09. The summed E-state index contributed by atoms with van der Waals surface area (Å²) in [5.41, 5.74) is 0.425. The molecule has 21 heavy (non-hydrogen) atoms. The highest BCUT2D eigenvalue weighted by Gasteiger charge is 2.40. The van der Waals surface area contributed by atoms with Crippen molar-refractivity contribution < 1.29 is 0 Å². The zero-order valence-electron chi connectivity index (χ0n) is 15.0. The van der Waals surface area contributed by atoms with E-state index < -0.39 is 0 Å². The van der Waals surface area contributed by atoms with Gasteiger partial charge in [0.1, 0.15) is 0 Å². The number of hydrogen-bond donors (Lipinski definition) is 1. The van der Waals surface area contributed by atoms with Crippen LogP contribution in [0.3, 0.4) is 0 Å². The fraction of sp³-hybridized carbons (Fsp3) is 1.00. The molecule has 0 radical (unpaired) electrons. The Labute approximate surface area is 132 Å². The predicted octanol–water partition coefficient (Wildman–Crippen LogP) is 2.96. The maximum Gasteiger partial charge on any atom is 0.0274 e. The summed E-state index contributed by atoms with van der Waals surface area (Å²) in [5, 5.41) is 3.87. The SMILES string of the molecule is CCCNC1C(N(C)CC2CCCN2C)CCCC1(C)C. The van der Waals surface area contributed by atoms with Gasteiger partial charge in [-0.2, -0.15) is 0 Å². The van der Waals surface area contributed by atoms with Crippen LogP contribution in [0.1, 0.15) is 59.3 Å². The van der Waals surface area contributed by atoms with Gasteiger partial charge in [-0.25, -0.2) is 0 Å². The Morgan fingerprint density at radius 2 is 2.00 bits per heavy atom. The van der Waals surface area contributed by atoms with Crippen LogP contribution in [0.15, 0.2) is 0 Å². The number of nitrogens with zero attached hydrogens (tertiary/aromatic N) is 2. The van der Waals surface area contributed by atoms with Gasteiger partial charge in [0.05, 0.1) is 0 Å². The first kappa shape index (κ1) is 17.2. The van der Waals surface area contributed by atoms with Crippen molar-refractivity contribution in [2.45, 2.75) is 77.4 Å². The van der Waals surface area contributed by atoms with E-state index >= 15 is 0 Å². The van der Waals surface area contributed by atoms with Crippen molar-refractivity contribution in [2.75, 3.05) is 33.7 Å². The predicted molar refractivity (Wildman–Crippen MR) is 91.8 cm³/mol. The average Bonchev–Trinajstić information content (AvgIpc) is 2.82. The topological polar surface area (TPSA) is 18.5 Å². The molecule has 0 aromatic carbocycles. The molecule has 2 rings (SSSR count). The average molecular weight is 296 g/mol. The molecule has 3 atom stereocenters. The summed E-state index contributed by atoms with van der Waals surface area (Å²) >= 11 is 0. The zero-order chi connectivity index (χ0) is 15.5. The maximum atomic E-state index is 3.87. The van der Waals surface area contributed by atoms with Crippen LogP contribution in [0.4, 0.5) is 0 Å². The summed E-state index contributed by atoms with van der Waals surface area (Å²) in [6, 6.07) is 2.11. The standard InChI is InChI=1S/C18H37N3/c1-6-12-19-17-16(10-7-11-18(17,2)3)21(5)14-15-9-8-13-20(15)4/h15-17,19H,6-14H2,1-5H3. The van der Waals surface area contributed by atoms with Crippen molar-refractivity contribution >= 4 is 0 Å². The Kier molecular flexibility index (Phi) is 6.10. The molecule has 2 fully saturated rings. The van der Waals surface area contributed by atoms with Gasteiger partial charge in [0, 0.05) is 24.7 Å². The van der Waals surface area contributed by atoms with Crippen LogP contribution >= 0.6 is 0 Å². The smallest absolute Gasteiger partial charge is 0.0274 e. The molecule has 0 aromatic rings. The zero-order valence-corrected chi connectivity index (χ0v) is 15.0. The highest BCUT2D eigenvalue weighted by molar-refractivity contribution is 4.98. The van der Waals surface area contributed by atoms with Crippen molar-refractivity contribution in [1.29, 1.82) is 0 Å². The third-order valence-electron chi connectivity index (χ3n) is 5.90. The molecule has 1 saturated carbocycles. The first-order chi connectivity index (χ1) is 9.95. The first-order valence-electron chi connectivity index (χ1n) is 9.09. The molecule has 124 valence electrons. The number of likely N-dealkylation sites (N-methyl/N-ethyl adjacent to an activating group) is 2. The molecule has 1 N–H and O–H groups in total. The highest BCUT2D eigenvalue weighted by Crippen LogP contribution is 2.37. The molecular formula is C18H37N3. The lowest BCUT2D eigenvalue weighted by atomic mass is 9.70. The monoisotopic (exact) mass is 295 g/mol. The second-order valence-electron chi connectivity index (χ2n) is 8.10. The Hall–Kier alpha value is -0.120. The molecule has 1 aliphatic carbocycles. The number of hydrogen-bond acceptors (Lipinski definition) is 3. The van der Waals surface area contributed by atoms with Crippen molar-refractivity contribution in [2.24, 2.45) is 5.41 Å². The third-order valence-corrected chi connectivity index (χ3v) is 5.90. The van der Waals surface area contributed by atoms with Gasteiger partial charge in [-0.15, -0.1) is 0 Å². The molecule has 0 aromatic heterocycles. The molecule has 1 saturated heterocycles. The van der Waals surface area contributed by atoms with E-state index in [0.717, 1.165) is 12.6 Å². The van der Waals surface area contributed by atoms with Gasteiger partial charge in [0.15, 0.2) is 0 Å². The van der Waals surface area contributed by atoms with E-state index in [1.54, 1.807) is 0 Å². The van der Waals surface area contributed by atoms with Gasteiger partial charge < -0.3 is 15.1 Å². The molecule has 0 spiro atoms. The van der Waals surface area contributed by atoms with Crippen molar-refractivity contribution in [3.05, 3.63) is 0 Å². The molecule has 1 heterocycles. The van der Waals surface area contributed by atoms with Gasteiger partial charge in [-0.05, 0) is 64.7 Å². The van der Waals surface area contributed by atoms with E-state index in [1.165, 1.54) is 51.6 Å². The van der Waals surface area contributed by atoms with Crippen LogP contribution in [-0.2, 0) is 0 Å². The van der Waals surface area contributed by atoms with E-state index in [9.17, 15) is 0 Å². The van der Waals surface area contributed by atoms with Crippen molar-refractivity contribution in [1.82, 2.24) is 15.1 Å². The Morgan fingerprint density at radius 3 is 2.62 bits per heavy atom. The summed E-state index contributed by atoms with van der Waals surface area (Å²) in [4.78, 5) is 5.22. The number of rotatable bonds is 6. The van der Waals surface area contributed by atoms with E-state index in [1.807, 2.05) is 0 Å². The van der Waals surface area contributed by atoms with Crippen LogP contribution in [0.25, 0.3) is 0 Å². The lowest BCUT2D eigenvalue weighted by molar-refractivity contribution is 0.0516. The molecule has 1 aliphatic heterocycles. The second-order valence-corrected chi connectivity index (χ2v) is 8.10. The van der Waals surface area contributed by atoms with Crippen LogP contribution in [0.5, 0.6) is 0 Å². The van der Waals surface area contributed by atoms with Gasteiger partial charge >= 0.3 is 0 Å². The number of likely N-dealkylation sites (tertiary alicyclic amines) is 1. The molecular weight excluding hydrogens is 258 g/mol. The minimum absolute atomic E-state index is 0.425. The van der Waals surface area contributed by atoms with Crippen LogP contribution < -0.4 is 5.32 Å². The molecule has 3 heteroatoms. The van der Waals surface area contributed by atoms with E-state index in [4.69, 9.17) is 0 Å². The fourth-order valence-corrected chi connectivity index (χ4v) is 4.47. The van der Waals surface area contributed by atoms with Gasteiger partial charge in [0.2, 0.25) is 0 Å². The largest absolute Gasteiger partial charge is 0.312 e. The lowest BCUT2D eigenvalue weighted by Crippen LogP contribution is -2.59. The van der Waals surface area contributed by atoms with E-state index in [0.29, 0.717) is 17.5 Å². The number of nitrogens with one attached hydrogen (secondary N) is 1. The normalized spacial score (nSPS) is 33.7. The summed E-state index contributed by atoms with van der Waals surface area (Å²) in [6.45, 7) is 10.9. The molecule has 2 aliphatic rings. The maximum absolute atomic E-state index is 3.87. The Balaban J connectivity index is 1.99. The highest BCUT2D eigenvalue weighted by atomic mass is 15.2. The molecule has 3 unspecified atom stereocenters. The minimum Gasteiger partial charge on any atom is -0.312 e. The lowest BCUT2D eigenvalue weighted by Gasteiger charge is -2.48. The van der Waals surface area contributed by atoms with E-state index in [-0.39, 0.29) is 0 Å². The molecule has 0 bridgehead atoms. The van der Waals surface area contributed by atoms with Crippen LogP contribution in [0.2, 0.25) is 0 Å². The second kappa shape index (κ2) is 7.43.